The highest BCUT2D eigenvalue weighted by atomic mass is 32.2. The minimum absolute atomic E-state index is 0.160. The molecule has 8 nitrogen and oxygen atoms in total. The van der Waals surface area contributed by atoms with Gasteiger partial charge in [0.15, 0.2) is 23.3 Å². The van der Waals surface area contributed by atoms with Gasteiger partial charge in [-0.1, -0.05) is 48.5 Å². The Morgan fingerprint density at radius 2 is 1.33 bits per heavy atom. The average molecular weight is 784 g/mol. The molecule has 0 saturated carbocycles. The zero-order valence-corrected chi connectivity index (χ0v) is 29.4. The van der Waals surface area contributed by atoms with E-state index in [0.29, 0.717) is 22.0 Å². The highest BCUT2D eigenvalue weighted by molar-refractivity contribution is 8.00. The van der Waals surface area contributed by atoms with E-state index in [0.717, 1.165) is 11.8 Å². The van der Waals surface area contributed by atoms with Gasteiger partial charge in [0.1, 0.15) is 33.7 Å². The highest BCUT2D eigenvalue weighted by Gasteiger charge is 2.43. The van der Waals surface area contributed by atoms with E-state index in [1.54, 1.807) is 59.9 Å². The molecule has 0 aliphatic rings. The molecule has 0 aromatic heterocycles. The van der Waals surface area contributed by atoms with Crippen LogP contribution < -0.4 is 25.4 Å². The molecule has 5 aromatic rings. The van der Waals surface area contributed by atoms with Crippen LogP contribution >= 0.6 is 11.8 Å². The van der Waals surface area contributed by atoms with Crippen LogP contribution in [0, 0.1) is 23.3 Å². The van der Waals surface area contributed by atoms with Crippen molar-refractivity contribution >= 4 is 46.9 Å². The number of nitrogens with one attached hydrogen (secondary N) is 3. The fourth-order valence-electron chi connectivity index (χ4n) is 5.07. The van der Waals surface area contributed by atoms with Crippen LogP contribution in [0.25, 0.3) is 6.08 Å². The van der Waals surface area contributed by atoms with Gasteiger partial charge in [0.05, 0.1) is 14.2 Å². The lowest BCUT2D eigenvalue weighted by atomic mass is 10.1. The summed E-state index contributed by atoms with van der Waals surface area (Å²) in [6.07, 6.45) is -4.35. The molecule has 55 heavy (non-hydrogen) atoms. The second-order valence-corrected chi connectivity index (χ2v) is 12.5. The maximum absolute atomic E-state index is 14.7. The quantitative estimate of drug-likeness (QED) is 0.0505. The van der Waals surface area contributed by atoms with Crippen molar-refractivity contribution < 1.29 is 54.6 Å². The first-order chi connectivity index (χ1) is 26.2. The third-order valence-corrected chi connectivity index (χ3v) is 9.04. The van der Waals surface area contributed by atoms with Gasteiger partial charge in [0.2, 0.25) is 5.91 Å². The lowest BCUT2D eigenvalue weighted by Gasteiger charge is -2.19. The zero-order valence-electron chi connectivity index (χ0n) is 28.6. The number of ether oxygens (including phenoxy) is 2. The molecule has 3 N–H and O–H groups in total. The van der Waals surface area contributed by atoms with Crippen LogP contribution in [0.1, 0.15) is 32.3 Å². The van der Waals surface area contributed by atoms with Gasteiger partial charge in [0.25, 0.3) is 11.8 Å². The Bertz CT molecular complexity index is 2210. The summed E-state index contributed by atoms with van der Waals surface area (Å²) < 4.78 is 108. The molecule has 0 fully saturated rings. The number of halogens is 7. The van der Waals surface area contributed by atoms with E-state index >= 15 is 0 Å². The van der Waals surface area contributed by atoms with Gasteiger partial charge in [-0.3, -0.25) is 14.4 Å². The van der Waals surface area contributed by atoms with Gasteiger partial charge in [0, 0.05) is 27.8 Å². The molecule has 0 aliphatic carbocycles. The number of anilines is 2. The van der Waals surface area contributed by atoms with Crippen LogP contribution in [-0.2, 0) is 15.8 Å². The van der Waals surface area contributed by atoms with Crippen LogP contribution in [0.4, 0.5) is 42.1 Å². The maximum Gasteiger partial charge on any atom is 0.422 e. The van der Waals surface area contributed by atoms with Gasteiger partial charge in [-0.05, 0) is 60.2 Å². The molecule has 0 saturated heterocycles. The first-order valence-electron chi connectivity index (χ1n) is 15.9. The molecule has 5 aromatic carbocycles. The van der Waals surface area contributed by atoms with Gasteiger partial charge in [-0.15, -0.1) is 11.8 Å². The number of amides is 3. The molecule has 0 aliphatic heterocycles. The Hall–Kier alpha value is -6.29. The minimum Gasteiger partial charge on any atom is -0.497 e. The number of alkyl halides is 3. The molecule has 0 spiro atoms. The molecule has 0 radical (unpaired) electrons. The van der Waals surface area contributed by atoms with Gasteiger partial charge >= 0.3 is 6.18 Å². The molecule has 16 heteroatoms. The summed E-state index contributed by atoms with van der Waals surface area (Å²) in [6, 6.07) is 26.5. The van der Waals surface area contributed by atoms with Crippen molar-refractivity contribution in [1.29, 1.82) is 0 Å². The number of benzene rings is 5. The van der Waals surface area contributed by atoms with Crippen LogP contribution in [0.5, 0.6) is 11.5 Å². The summed E-state index contributed by atoms with van der Waals surface area (Å²) in [6.45, 7) is 0. The van der Waals surface area contributed by atoms with Crippen molar-refractivity contribution in [2.24, 2.45) is 0 Å². The Balaban J connectivity index is 1.39. The number of rotatable bonds is 12. The van der Waals surface area contributed by atoms with E-state index < -0.39 is 63.7 Å². The number of hydrogen-bond donors (Lipinski definition) is 3. The van der Waals surface area contributed by atoms with Crippen LogP contribution in [0.3, 0.4) is 0 Å². The van der Waals surface area contributed by atoms with Crippen molar-refractivity contribution in [2.45, 2.75) is 16.3 Å². The Kier molecular flexibility index (Phi) is 12.5. The second kappa shape index (κ2) is 17.2. The molecule has 0 heterocycles. The molecular formula is C39H28F7N3O5S. The number of thioether (sulfide) groups is 1. The van der Waals surface area contributed by atoms with Crippen molar-refractivity contribution in [3.8, 4) is 11.5 Å². The number of carbonyl (C=O) groups is 3. The van der Waals surface area contributed by atoms with Crippen LogP contribution in [0.15, 0.2) is 114 Å². The largest absolute Gasteiger partial charge is 0.497 e. The molecule has 0 bridgehead atoms. The molecular weight excluding hydrogens is 755 g/mol. The van der Waals surface area contributed by atoms with Crippen molar-refractivity contribution in [2.75, 3.05) is 24.9 Å². The predicted octanol–water partition coefficient (Wildman–Crippen LogP) is 9.16. The topological polar surface area (TPSA) is 106 Å². The van der Waals surface area contributed by atoms with Crippen molar-refractivity contribution in [1.82, 2.24) is 5.32 Å². The normalized spacial score (nSPS) is 12.1. The number of hydrogen-bond acceptors (Lipinski definition) is 6. The van der Waals surface area contributed by atoms with Gasteiger partial charge in [-0.25, -0.2) is 17.6 Å². The van der Waals surface area contributed by atoms with E-state index in [9.17, 15) is 45.1 Å². The molecule has 1 unspecified atom stereocenters. The summed E-state index contributed by atoms with van der Waals surface area (Å²) >= 11 is 0.816. The molecule has 1 atom stereocenters. The SMILES string of the molecule is COc1ccc(/C=C(\NC(=O)c2ccccc2)C(=O)Nc2ccc(SC(C(=O)Nc3c(F)c(F)c(C(F)(F)F)c(F)c3F)c3ccccc3)cc2)c(OC)c1. The maximum atomic E-state index is 14.7. The Morgan fingerprint density at radius 1 is 0.727 bits per heavy atom. The summed E-state index contributed by atoms with van der Waals surface area (Å²) in [5, 5.41) is 5.64. The molecule has 3 amide bonds. The Morgan fingerprint density at radius 3 is 1.89 bits per heavy atom. The minimum atomic E-state index is -5.76. The molecule has 5 rings (SSSR count). The fourth-order valence-corrected chi connectivity index (χ4v) is 6.09. The fraction of sp³-hybridized carbons (Fsp3) is 0.103. The summed E-state index contributed by atoms with van der Waals surface area (Å²) in [4.78, 5) is 40.4. The van der Waals surface area contributed by atoms with E-state index in [-0.39, 0.29) is 22.5 Å². The Labute approximate surface area is 313 Å². The lowest BCUT2D eigenvalue weighted by molar-refractivity contribution is -0.143. The van der Waals surface area contributed by atoms with Crippen molar-refractivity contribution in [3.05, 3.63) is 154 Å². The standard InChI is InChI=1S/C39H28F7N3O5S/c1-53-25-16-13-23(28(20-25)54-2)19-27(48-36(50)22-11-7-4-8-12-22)37(51)47-24-14-17-26(18-15-24)55-35(21-9-5-3-6-10-21)38(52)49-34-32(42)30(40)29(39(44,45)46)31(41)33(34)43/h3-20,35H,1-2H3,(H,47,51)(H,48,50)(H,49,52)/b27-19-. The number of carbonyl (C=O) groups excluding carboxylic acids is 3. The summed E-state index contributed by atoms with van der Waals surface area (Å²) in [5.74, 6) is -12.0. The zero-order chi connectivity index (χ0) is 39.9. The number of methoxy groups -OCH3 is 2. The lowest BCUT2D eigenvalue weighted by Crippen LogP contribution is -2.30. The van der Waals surface area contributed by atoms with E-state index in [1.807, 2.05) is 0 Å². The van der Waals surface area contributed by atoms with Gasteiger partial charge in [-0.2, -0.15) is 13.2 Å². The first kappa shape index (κ1) is 39.9. The smallest absolute Gasteiger partial charge is 0.422 e. The van der Waals surface area contributed by atoms with E-state index in [4.69, 9.17) is 9.47 Å². The average Bonchev–Trinajstić information content (AvgIpc) is 3.18. The third kappa shape index (κ3) is 9.45. The summed E-state index contributed by atoms with van der Waals surface area (Å²) in [5.41, 5.74) is -3.47. The van der Waals surface area contributed by atoms with E-state index in [2.05, 4.69) is 10.6 Å². The third-order valence-electron chi connectivity index (χ3n) is 7.77. The van der Waals surface area contributed by atoms with E-state index in [1.165, 1.54) is 68.8 Å². The van der Waals surface area contributed by atoms with Gasteiger partial charge < -0.3 is 25.4 Å². The van der Waals surface area contributed by atoms with Crippen LogP contribution in [0.2, 0.25) is 0 Å². The molecule has 284 valence electrons. The highest BCUT2D eigenvalue weighted by Crippen LogP contribution is 2.41. The monoisotopic (exact) mass is 783 g/mol. The van der Waals surface area contributed by atoms with Crippen molar-refractivity contribution in [3.63, 3.8) is 0 Å². The predicted molar refractivity (Wildman–Crippen MR) is 191 cm³/mol. The van der Waals surface area contributed by atoms with Crippen LogP contribution in [-0.4, -0.2) is 31.9 Å². The first-order valence-corrected chi connectivity index (χ1v) is 16.8. The summed E-state index contributed by atoms with van der Waals surface area (Å²) in [7, 11) is 2.89. The second-order valence-electron chi connectivity index (χ2n) is 11.4.